The average molecular weight is 200 g/mol. The second-order valence-electron chi connectivity index (χ2n) is 5.55. The molecular formula is C12H28N2. The zero-order valence-electron chi connectivity index (χ0n) is 11.0. The Hall–Kier alpha value is -0.0800. The van der Waals surface area contributed by atoms with E-state index in [2.05, 4.69) is 53.6 Å². The Balaban J connectivity index is 5.00. The summed E-state index contributed by atoms with van der Waals surface area (Å²) in [5.74, 6) is 0. The molecule has 0 fully saturated rings. The molecule has 1 atom stereocenters. The minimum Gasteiger partial charge on any atom is -0.326 e. The van der Waals surface area contributed by atoms with Crippen LogP contribution in [0.5, 0.6) is 0 Å². The number of hydrogen-bond acceptors (Lipinski definition) is 2. The van der Waals surface area contributed by atoms with Crippen molar-refractivity contribution in [2.45, 2.75) is 59.0 Å². The summed E-state index contributed by atoms with van der Waals surface area (Å²) in [5.41, 5.74) is 6.71. The average Bonchev–Trinajstić information content (AvgIpc) is 2.05. The zero-order valence-corrected chi connectivity index (χ0v) is 11.0. The van der Waals surface area contributed by atoms with Crippen LogP contribution in [0.3, 0.4) is 0 Å². The van der Waals surface area contributed by atoms with Gasteiger partial charge in [0.2, 0.25) is 0 Å². The lowest BCUT2D eigenvalue weighted by Crippen LogP contribution is -2.61. The van der Waals surface area contributed by atoms with E-state index in [-0.39, 0.29) is 17.0 Å². The van der Waals surface area contributed by atoms with Crippen LogP contribution in [-0.4, -0.2) is 30.6 Å². The SMILES string of the molecule is CCC(CC)(C(N)C(C)(C)C)N(C)C. The van der Waals surface area contributed by atoms with Gasteiger partial charge in [0.25, 0.3) is 0 Å². The first-order valence-corrected chi connectivity index (χ1v) is 5.65. The van der Waals surface area contributed by atoms with Gasteiger partial charge in [-0.15, -0.1) is 0 Å². The van der Waals surface area contributed by atoms with Crippen LogP contribution < -0.4 is 5.73 Å². The summed E-state index contributed by atoms with van der Waals surface area (Å²) >= 11 is 0. The quantitative estimate of drug-likeness (QED) is 0.755. The highest BCUT2D eigenvalue weighted by Gasteiger charge is 2.41. The van der Waals surface area contributed by atoms with Gasteiger partial charge in [-0.05, 0) is 32.4 Å². The van der Waals surface area contributed by atoms with E-state index in [0.717, 1.165) is 12.8 Å². The Kier molecular flexibility index (Phi) is 4.60. The Morgan fingerprint density at radius 2 is 1.43 bits per heavy atom. The van der Waals surface area contributed by atoms with Gasteiger partial charge in [0.15, 0.2) is 0 Å². The van der Waals surface area contributed by atoms with Gasteiger partial charge in [-0.2, -0.15) is 0 Å². The van der Waals surface area contributed by atoms with Crippen molar-refractivity contribution in [2.75, 3.05) is 14.1 Å². The molecule has 0 heterocycles. The van der Waals surface area contributed by atoms with E-state index in [4.69, 9.17) is 5.73 Å². The maximum atomic E-state index is 6.41. The zero-order chi connectivity index (χ0) is 11.6. The second kappa shape index (κ2) is 4.63. The first-order chi connectivity index (χ1) is 6.22. The molecule has 0 aromatic carbocycles. The fourth-order valence-electron chi connectivity index (χ4n) is 2.41. The number of nitrogens with two attached hydrogens (primary N) is 1. The van der Waals surface area contributed by atoms with Gasteiger partial charge >= 0.3 is 0 Å². The molecule has 1 unspecified atom stereocenters. The van der Waals surface area contributed by atoms with Crippen molar-refractivity contribution in [3.05, 3.63) is 0 Å². The van der Waals surface area contributed by atoms with Crippen LogP contribution in [0.4, 0.5) is 0 Å². The summed E-state index contributed by atoms with van der Waals surface area (Å²) in [6, 6.07) is 0.208. The molecule has 2 N–H and O–H groups in total. The van der Waals surface area contributed by atoms with Crippen LogP contribution in [0.25, 0.3) is 0 Å². The molecule has 0 aromatic rings. The van der Waals surface area contributed by atoms with Crippen LogP contribution in [0.1, 0.15) is 47.5 Å². The lowest BCUT2D eigenvalue weighted by molar-refractivity contribution is 0.0560. The normalized spacial score (nSPS) is 16.1. The molecule has 0 bridgehead atoms. The Bertz CT molecular complexity index is 164. The molecule has 14 heavy (non-hydrogen) atoms. The minimum atomic E-state index is 0.137. The van der Waals surface area contributed by atoms with Crippen molar-refractivity contribution in [1.29, 1.82) is 0 Å². The van der Waals surface area contributed by atoms with Gasteiger partial charge in [0, 0.05) is 11.6 Å². The van der Waals surface area contributed by atoms with E-state index in [0.29, 0.717) is 0 Å². The number of rotatable bonds is 4. The van der Waals surface area contributed by atoms with E-state index in [1.54, 1.807) is 0 Å². The predicted octanol–water partition coefficient (Wildman–Crippen LogP) is 2.48. The van der Waals surface area contributed by atoms with Crippen molar-refractivity contribution >= 4 is 0 Å². The molecule has 0 rings (SSSR count). The molecule has 2 heteroatoms. The van der Waals surface area contributed by atoms with Gasteiger partial charge in [0.05, 0.1) is 0 Å². The summed E-state index contributed by atoms with van der Waals surface area (Å²) in [4.78, 5) is 2.29. The third kappa shape index (κ3) is 2.48. The van der Waals surface area contributed by atoms with Gasteiger partial charge in [0.1, 0.15) is 0 Å². The number of nitrogens with zero attached hydrogens (tertiary/aromatic N) is 1. The maximum Gasteiger partial charge on any atom is 0.0354 e. The lowest BCUT2D eigenvalue weighted by Gasteiger charge is -2.48. The highest BCUT2D eigenvalue weighted by molar-refractivity contribution is 5.00. The van der Waals surface area contributed by atoms with Gasteiger partial charge in [-0.25, -0.2) is 0 Å². The van der Waals surface area contributed by atoms with E-state index in [1.165, 1.54) is 0 Å². The first kappa shape index (κ1) is 13.9. The molecule has 0 saturated heterocycles. The van der Waals surface area contributed by atoms with Gasteiger partial charge in [-0.1, -0.05) is 34.6 Å². The minimum absolute atomic E-state index is 0.137. The first-order valence-electron chi connectivity index (χ1n) is 5.65. The summed E-state index contributed by atoms with van der Waals surface area (Å²) in [7, 11) is 4.28. The second-order valence-corrected chi connectivity index (χ2v) is 5.55. The van der Waals surface area contributed by atoms with Crippen LogP contribution in [0, 0.1) is 5.41 Å². The largest absolute Gasteiger partial charge is 0.326 e. The highest BCUT2D eigenvalue weighted by Crippen LogP contribution is 2.34. The maximum absolute atomic E-state index is 6.41. The molecule has 0 aliphatic rings. The Morgan fingerprint density at radius 3 is 1.50 bits per heavy atom. The molecule has 0 radical (unpaired) electrons. The molecule has 0 aliphatic heterocycles. The highest BCUT2D eigenvalue weighted by atomic mass is 15.2. The fraction of sp³-hybridized carbons (Fsp3) is 1.00. The van der Waals surface area contributed by atoms with Crippen molar-refractivity contribution < 1.29 is 0 Å². The molecular weight excluding hydrogens is 172 g/mol. The van der Waals surface area contributed by atoms with Crippen molar-refractivity contribution in [3.63, 3.8) is 0 Å². The van der Waals surface area contributed by atoms with Gasteiger partial charge in [-0.3, -0.25) is 0 Å². The third-order valence-electron chi connectivity index (χ3n) is 3.63. The summed E-state index contributed by atoms with van der Waals surface area (Å²) in [5, 5.41) is 0. The fourth-order valence-corrected chi connectivity index (χ4v) is 2.41. The summed E-state index contributed by atoms with van der Waals surface area (Å²) in [6.07, 6.45) is 2.21. The van der Waals surface area contributed by atoms with Crippen molar-refractivity contribution in [3.8, 4) is 0 Å². The van der Waals surface area contributed by atoms with Crippen molar-refractivity contribution in [1.82, 2.24) is 4.90 Å². The molecule has 2 nitrogen and oxygen atoms in total. The topological polar surface area (TPSA) is 29.3 Å². The molecule has 0 amide bonds. The Morgan fingerprint density at radius 1 is 1.07 bits per heavy atom. The van der Waals surface area contributed by atoms with E-state index < -0.39 is 0 Å². The van der Waals surface area contributed by atoms with Crippen LogP contribution >= 0.6 is 0 Å². The molecule has 0 aromatic heterocycles. The number of likely N-dealkylation sites (N-methyl/N-ethyl adjacent to an activating group) is 1. The number of hydrogen-bond donors (Lipinski definition) is 1. The summed E-state index contributed by atoms with van der Waals surface area (Å²) < 4.78 is 0. The monoisotopic (exact) mass is 200 g/mol. The van der Waals surface area contributed by atoms with Crippen molar-refractivity contribution in [2.24, 2.45) is 11.1 Å². The molecule has 86 valence electrons. The molecule has 0 saturated carbocycles. The van der Waals surface area contributed by atoms with E-state index >= 15 is 0 Å². The van der Waals surface area contributed by atoms with E-state index in [9.17, 15) is 0 Å². The lowest BCUT2D eigenvalue weighted by atomic mass is 9.71. The standard InChI is InChI=1S/C12H28N2/c1-8-12(9-2,14(6)7)10(13)11(3,4)5/h10H,8-9,13H2,1-7H3. The van der Waals surface area contributed by atoms with Gasteiger partial charge < -0.3 is 10.6 Å². The molecule has 0 spiro atoms. The summed E-state index contributed by atoms with van der Waals surface area (Å²) in [6.45, 7) is 11.1. The Labute approximate surface area is 89.9 Å². The third-order valence-corrected chi connectivity index (χ3v) is 3.63. The van der Waals surface area contributed by atoms with E-state index in [1.807, 2.05) is 0 Å². The smallest absolute Gasteiger partial charge is 0.0354 e. The van der Waals surface area contributed by atoms with Crippen LogP contribution in [-0.2, 0) is 0 Å². The molecule has 0 aliphatic carbocycles. The van der Waals surface area contributed by atoms with Crippen LogP contribution in [0.15, 0.2) is 0 Å². The van der Waals surface area contributed by atoms with Crippen LogP contribution in [0.2, 0.25) is 0 Å². The predicted molar refractivity (Wildman–Crippen MR) is 64.4 cm³/mol.